The summed E-state index contributed by atoms with van der Waals surface area (Å²) in [6, 6.07) is 8.03. The van der Waals surface area contributed by atoms with Crippen LogP contribution in [0, 0.1) is 11.3 Å². The Kier molecular flexibility index (Phi) is 3.00. The van der Waals surface area contributed by atoms with Crippen LogP contribution in [0.1, 0.15) is 25.7 Å². The molecule has 2 atom stereocenters. The van der Waals surface area contributed by atoms with Gasteiger partial charge in [0.25, 0.3) is 0 Å². The van der Waals surface area contributed by atoms with Gasteiger partial charge in [-0.2, -0.15) is 0 Å². The number of hydrogen-bond acceptors (Lipinski definition) is 2. The van der Waals surface area contributed by atoms with Gasteiger partial charge in [-0.25, -0.2) is 0 Å². The molecule has 3 N–H and O–H groups in total. The average molecular weight is 283 g/mol. The number of amides is 1. The number of anilines is 1. The standard InChI is InChI=1S/C17H21N3O/c21-16(17-8-2-1-4-12(17)10-18-11-17)20-15-6-3-5-14-13(15)7-9-19-14/h3,5-7,9,12,18-19H,1-2,4,8,10-11H2,(H,20,21)/t12-,17+/m0/s1. The van der Waals surface area contributed by atoms with Crippen LogP contribution in [0.4, 0.5) is 5.69 Å². The van der Waals surface area contributed by atoms with Crippen LogP contribution in [0.2, 0.25) is 0 Å². The van der Waals surface area contributed by atoms with Crippen molar-refractivity contribution in [1.82, 2.24) is 10.3 Å². The van der Waals surface area contributed by atoms with E-state index in [0.717, 1.165) is 36.1 Å². The zero-order chi connectivity index (χ0) is 14.3. The van der Waals surface area contributed by atoms with Crippen LogP contribution in [-0.4, -0.2) is 24.0 Å². The molecule has 2 aliphatic rings. The second-order valence-electron chi connectivity index (χ2n) is 6.43. The van der Waals surface area contributed by atoms with E-state index in [1.165, 1.54) is 19.3 Å². The smallest absolute Gasteiger partial charge is 0.232 e. The molecule has 0 radical (unpaired) electrons. The SMILES string of the molecule is O=C(Nc1cccc2[nH]ccc12)[C@@]12CCCC[C@H]1CNC2. The van der Waals surface area contributed by atoms with Gasteiger partial charge in [0.05, 0.1) is 11.1 Å². The van der Waals surface area contributed by atoms with E-state index in [2.05, 4.69) is 15.6 Å². The number of fused-ring (bicyclic) bond motifs is 2. The topological polar surface area (TPSA) is 56.9 Å². The summed E-state index contributed by atoms with van der Waals surface area (Å²) in [5, 5.41) is 7.72. The van der Waals surface area contributed by atoms with Gasteiger partial charge in [-0.1, -0.05) is 18.9 Å². The molecule has 1 aliphatic carbocycles. The van der Waals surface area contributed by atoms with Gasteiger partial charge < -0.3 is 15.6 Å². The highest BCUT2D eigenvalue weighted by atomic mass is 16.2. The maximum absolute atomic E-state index is 13.0. The zero-order valence-corrected chi connectivity index (χ0v) is 12.1. The van der Waals surface area contributed by atoms with Crippen molar-refractivity contribution in [3.8, 4) is 0 Å². The minimum absolute atomic E-state index is 0.198. The van der Waals surface area contributed by atoms with Crippen molar-refractivity contribution < 1.29 is 4.79 Å². The molecule has 2 heterocycles. The Morgan fingerprint density at radius 3 is 3.19 bits per heavy atom. The van der Waals surface area contributed by atoms with Crippen molar-refractivity contribution >= 4 is 22.5 Å². The lowest BCUT2D eigenvalue weighted by atomic mass is 9.67. The van der Waals surface area contributed by atoms with Crippen LogP contribution in [0.15, 0.2) is 30.5 Å². The van der Waals surface area contributed by atoms with E-state index in [9.17, 15) is 4.79 Å². The molecule has 0 unspecified atom stereocenters. The van der Waals surface area contributed by atoms with E-state index in [1.54, 1.807) is 0 Å². The Balaban J connectivity index is 1.64. The molecule has 1 aliphatic heterocycles. The Labute approximate surface area is 124 Å². The third-order valence-corrected chi connectivity index (χ3v) is 5.33. The summed E-state index contributed by atoms with van der Waals surface area (Å²) in [7, 11) is 0. The predicted octanol–water partition coefficient (Wildman–Crippen LogP) is 2.89. The molecule has 4 rings (SSSR count). The third kappa shape index (κ3) is 1.97. The summed E-state index contributed by atoms with van der Waals surface area (Å²) in [5.41, 5.74) is 1.79. The van der Waals surface area contributed by atoms with Gasteiger partial charge >= 0.3 is 0 Å². The monoisotopic (exact) mass is 283 g/mol. The fourth-order valence-corrected chi connectivity index (χ4v) is 4.13. The second kappa shape index (κ2) is 4.88. The molecule has 1 aromatic carbocycles. The van der Waals surface area contributed by atoms with E-state index < -0.39 is 0 Å². The molecular formula is C17H21N3O. The van der Waals surface area contributed by atoms with Gasteiger partial charge in [0.2, 0.25) is 5.91 Å². The average Bonchev–Trinajstić information content (AvgIpc) is 3.14. The van der Waals surface area contributed by atoms with E-state index in [-0.39, 0.29) is 11.3 Å². The maximum atomic E-state index is 13.0. The van der Waals surface area contributed by atoms with Crippen molar-refractivity contribution in [2.45, 2.75) is 25.7 Å². The molecule has 110 valence electrons. The lowest BCUT2D eigenvalue weighted by Gasteiger charge is -2.37. The van der Waals surface area contributed by atoms with Crippen LogP contribution in [0.3, 0.4) is 0 Å². The van der Waals surface area contributed by atoms with Crippen LogP contribution < -0.4 is 10.6 Å². The Hall–Kier alpha value is -1.81. The Morgan fingerprint density at radius 1 is 1.29 bits per heavy atom. The van der Waals surface area contributed by atoms with Crippen LogP contribution in [0.5, 0.6) is 0 Å². The fourth-order valence-electron chi connectivity index (χ4n) is 4.13. The van der Waals surface area contributed by atoms with Crippen LogP contribution >= 0.6 is 0 Å². The molecule has 1 saturated heterocycles. The molecular weight excluding hydrogens is 262 g/mol. The van der Waals surface area contributed by atoms with Crippen molar-refractivity contribution in [3.05, 3.63) is 30.5 Å². The number of nitrogens with one attached hydrogen (secondary N) is 3. The van der Waals surface area contributed by atoms with E-state index in [0.29, 0.717) is 5.92 Å². The highest BCUT2D eigenvalue weighted by molar-refractivity contribution is 6.03. The number of carbonyl (C=O) groups is 1. The van der Waals surface area contributed by atoms with Gasteiger partial charge in [0, 0.05) is 23.6 Å². The number of benzene rings is 1. The summed E-state index contributed by atoms with van der Waals surface area (Å²) >= 11 is 0. The fraction of sp³-hybridized carbons (Fsp3) is 0.471. The lowest BCUT2D eigenvalue weighted by molar-refractivity contribution is -0.128. The predicted molar refractivity (Wildman–Crippen MR) is 84.2 cm³/mol. The van der Waals surface area contributed by atoms with E-state index in [4.69, 9.17) is 0 Å². The molecule has 21 heavy (non-hydrogen) atoms. The van der Waals surface area contributed by atoms with Crippen molar-refractivity contribution in [1.29, 1.82) is 0 Å². The number of aromatic amines is 1. The largest absolute Gasteiger partial charge is 0.361 e. The summed E-state index contributed by atoms with van der Waals surface area (Å²) in [6.07, 6.45) is 6.53. The summed E-state index contributed by atoms with van der Waals surface area (Å²) in [6.45, 7) is 1.81. The summed E-state index contributed by atoms with van der Waals surface area (Å²) < 4.78 is 0. The van der Waals surface area contributed by atoms with Gasteiger partial charge in [0.15, 0.2) is 0 Å². The highest BCUT2D eigenvalue weighted by Gasteiger charge is 2.49. The van der Waals surface area contributed by atoms with Gasteiger partial charge in [0.1, 0.15) is 0 Å². The minimum Gasteiger partial charge on any atom is -0.361 e. The first-order valence-electron chi connectivity index (χ1n) is 7.88. The molecule has 4 heteroatoms. The first-order valence-corrected chi connectivity index (χ1v) is 7.88. The quantitative estimate of drug-likeness (QED) is 0.793. The first-order chi connectivity index (χ1) is 10.3. The number of aromatic nitrogens is 1. The summed E-state index contributed by atoms with van der Waals surface area (Å²) in [5.74, 6) is 0.697. The van der Waals surface area contributed by atoms with E-state index >= 15 is 0 Å². The molecule has 0 spiro atoms. The first kappa shape index (κ1) is 12.9. The molecule has 1 saturated carbocycles. The van der Waals surface area contributed by atoms with Gasteiger partial charge in [-0.3, -0.25) is 4.79 Å². The third-order valence-electron chi connectivity index (χ3n) is 5.33. The normalized spacial score (nSPS) is 28.5. The second-order valence-corrected chi connectivity index (χ2v) is 6.43. The number of carbonyl (C=O) groups excluding carboxylic acids is 1. The molecule has 4 nitrogen and oxygen atoms in total. The molecule has 2 fully saturated rings. The van der Waals surface area contributed by atoms with Gasteiger partial charge in [-0.05, 0) is 43.5 Å². The highest BCUT2D eigenvalue weighted by Crippen LogP contribution is 2.44. The molecule has 0 bridgehead atoms. The molecule has 1 aromatic heterocycles. The lowest BCUT2D eigenvalue weighted by Crippen LogP contribution is -2.44. The maximum Gasteiger partial charge on any atom is 0.232 e. The summed E-state index contributed by atoms with van der Waals surface area (Å²) in [4.78, 5) is 16.2. The van der Waals surface area contributed by atoms with Crippen molar-refractivity contribution in [2.24, 2.45) is 11.3 Å². The Morgan fingerprint density at radius 2 is 2.24 bits per heavy atom. The van der Waals surface area contributed by atoms with Crippen LogP contribution in [-0.2, 0) is 4.79 Å². The van der Waals surface area contributed by atoms with Crippen molar-refractivity contribution in [2.75, 3.05) is 18.4 Å². The van der Waals surface area contributed by atoms with Crippen LogP contribution in [0.25, 0.3) is 10.9 Å². The van der Waals surface area contributed by atoms with Gasteiger partial charge in [-0.15, -0.1) is 0 Å². The number of H-pyrrole nitrogens is 1. The minimum atomic E-state index is -0.198. The Bertz CT molecular complexity index is 677. The van der Waals surface area contributed by atoms with Crippen molar-refractivity contribution in [3.63, 3.8) is 0 Å². The number of rotatable bonds is 2. The number of hydrogen-bond donors (Lipinski definition) is 3. The van der Waals surface area contributed by atoms with E-state index in [1.807, 2.05) is 30.5 Å². The molecule has 1 amide bonds. The zero-order valence-electron chi connectivity index (χ0n) is 12.1. The molecule has 2 aromatic rings.